The van der Waals surface area contributed by atoms with E-state index in [2.05, 4.69) is 34.5 Å². The summed E-state index contributed by atoms with van der Waals surface area (Å²) in [7, 11) is 0. The number of halogens is 1. The highest BCUT2D eigenvalue weighted by molar-refractivity contribution is 5.57. The topological polar surface area (TPSA) is 15.3 Å². The maximum Gasteiger partial charge on any atom is 0.107 e. The molecule has 2 aliphatic heterocycles. The summed E-state index contributed by atoms with van der Waals surface area (Å²) in [6, 6.07) is 8.50. The second-order valence-corrected chi connectivity index (χ2v) is 5.09. The van der Waals surface area contributed by atoms with Gasteiger partial charge in [-0.05, 0) is 31.0 Å². The van der Waals surface area contributed by atoms with Crippen LogP contribution < -0.4 is 10.2 Å². The Kier molecular flexibility index (Phi) is 3.02. The van der Waals surface area contributed by atoms with Crippen LogP contribution >= 0.6 is 0 Å². The smallest absolute Gasteiger partial charge is 0.107 e. The molecule has 0 saturated carbocycles. The molecule has 1 fully saturated rings. The van der Waals surface area contributed by atoms with Gasteiger partial charge in [-0.2, -0.15) is 0 Å². The molecule has 2 aliphatic rings. The van der Waals surface area contributed by atoms with Gasteiger partial charge in [-0.1, -0.05) is 18.2 Å². The van der Waals surface area contributed by atoms with Gasteiger partial charge in [0, 0.05) is 31.2 Å². The van der Waals surface area contributed by atoms with Crippen LogP contribution in [0.5, 0.6) is 0 Å². The molecule has 0 bridgehead atoms. The first kappa shape index (κ1) is 11.0. The van der Waals surface area contributed by atoms with Crippen LogP contribution in [0.15, 0.2) is 24.3 Å². The molecule has 0 aliphatic carbocycles. The van der Waals surface area contributed by atoms with Crippen LogP contribution in [0, 0.1) is 5.92 Å². The van der Waals surface area contributed by atoms with Crippen molar-refractivity contribution in [2.45, 2.75) is 19.0 Å². The number of para-hydroxylation sites is 1. The number of rotatable bonds is 2. The highest BCUT2D eigenvalue weighted by Gasteiger charge is 2.28. The quantitative estimate of drug-likeness (QED) is 0.842. The number of nitrogens with one attached hydrogen (secondary N) is 1. The van der Waals surface area contributed by atoms with E-state index in [-0.39, 0.29) is 5.92 Å². The molecular formula is C14H19FN2. The minimum absolute atomic E-state index is 0.148. The van der Waals surface area contributed by atoms with E-state index in [9.17, 15) is 4.39 Å². The standard InChI is InChI=1S/C14H19FN2/c15-13-5-7-16-9-12(13)10-17-8-6-11-3-1-2-4-14(11)17/h1-4,12-13,16H,5-10H2. The van der Waals surface area contributed by atoms with E-state index in [0.29, 0.717) is 6.42 Å². The summed E-state index contributed by atoms with van der Waals surface area (Å²) in [4.78, 5) is 2.35. The van der Waals surface area contributed by atoms with Crippen molar-refractivity contribution >= 4 is 5.69 Å². The Labute approximate surface area is 102 Å². The summed E-state index contributed by atoms with van der Waals surface area (Å²) in [5.74, 6) is 0.148. The number of anilines is 1. The third kappa shape index (κ3) is 2.16. The molecule has 0 aromatic heterocycles. The summed E-state index contributed by atoms with van der Waals surface area (Å²) < 4.78 is 13.8. The Balaban J connectivity index is 1.70. The second-order valence-electron chi connectivity index (χ2n) is 5.09. The monoisotopic (exact) mass is 234 g/mol. The largest absolute Gasteiger partial charge is 0.371 e. The number of piperidine rings is 1. The van der Waals surface area contributed by atoms with Crippen molar-refractivity contribution in [1.29, 1.82) is 0 Å². The molecule has 0 spiro atoms. The lowest BCUT2D eigenvalue weighted by Gasteiger charge is -2.31. The summed E-state index contributed by atoms with van der Waals surface area (Å²) in [6.45, 7) is 3.54. The number of fused-ring (bicyclic) bond motifs is 1. The molecule has 2 unspecified atom stereocenters. The molecule has 1 aromatic carbocycles. The molecule has 0 amide bonds. The Bertz CT molecular complexity index is 394. The Hall–Kier alpha value is -1.09. The summed E-state index contributed by atoms with van der Waals surface area (Å²) >= 11 is 0. The van der Waals surface area contributed by atoms with Crippen molar-refractivity contribution in [3.8, 4) is 0 Å². The highest BCUT2D eigenvalue weighted by atomic mass is 19.1. The first-order valence-corrected chi connectivity index (χ1v) is 6.52. The van der Waals surface area contributed by atoms with Gasteiger partial charge in [0.25, 0.3) is 0 Å². The van der Waals surface area contributed by atoms with Crippen LogP contribution in [-0.2, 0) is 6.42 Å². The zero-order valence-corrected chi connectivity index (χ0v) is 10.0. The van der Waals surface area contributed by atoms with Crippen LogP contribution in [-0.4, -0.2) is 32.4 Å². The Morgan fingerprint density at radius 3 is 3.12 bits per heavy atom. The first-order valence-electron chi connectivity index (χ1n) is 6.52. The van der Waals surface area contributed by atoms with Gasteiger partial charge in [-0.15, -0.1) is 0 Å². The highest BCUT2D eigenvalue weighted by Crippen LogP contribution is 2.29. The molecule has 1 saturated heterocycles. The predicted molar refractivity (Wildman–Crippen MR) is 68.2 cm³/mol. The van der Waals surface area contributed by atoms with Crippen LogP contribution in [0.4, 0.5) is 10.1 Å². The SMILES string of the molecule is FC1CCNCC1CN1CCc2ccccc21. The molecule has 3 rings (SSSR count). The van der Waals surface area contributed by atoms with Crippen molar-refractivity contribution in [2.24, 2.45) is 5.92 Å². The summed E-state index contributed by atoms with van der Waals surface area (Å²) in [6.07, 6.45) is 1.14. The van der Waals surface area contributed by atoms with Gasteiger partial charge < -0.3 is 10.2 Å². The summed E-state index contributed by atoms with van der Waals surface area (Å²) in [5.41, 5.74) is 2.72. The molecule has 0 radical (unpaired) electrons. The molecule has 1 N–H and O–H groups in total. The third-order valence-electron chi connectivity index (χ3n) is 3.95. The minimum atomic E-state index is -0.635. The lowest BCUT2D eigenvalue weighted by atomic mass is 9.97. The van der Waals surface area contributed by atoms with Crippen LogP contribution in [0.1, 0.15) is 12.0 Å². The average Bonchev–Trinajstić information content (AvgIpc) is 2.76. The van der Waals surface area contributed by atoms with Crippen molar-refractivity contribution in [3.05, 3.63) is 29.8 Å². The van der Waals surface area contributed by atoms with Gasteiger partial charge in [-0.3, -0.25) is 0 Å². The van der Waals surface area contributed by atoms with E-state index in [1.807, 2.05) is 0 Å². The minimum Gasteiger partial charge on any atom is -0.371 e. The van der Waals surface area contributed by atoms with E-state index < -0.39 is 6.17 Å². The molecule has 1 aromatic rings. The van der Waals surface area contributed by atoms with Crippen molar-refractivity contribution in [3.63, 3.8) is 0 Å². The fraction of sp³-hybridized carbons (Fsp3) is 0.571. The van der Waals surface area contributed by atoms with Crippen molar-refractivity contribution in [1.82, 2.24) is 5.32 Å². The van der Waals surface area contributed by atoms with Crippen LogP contribution in [0.3, 0.4) is 0 Å². The van der Waals surface area contributed by atoms with E-state index in [1.165, 1.54) is 11.3 Å². The molecule has 2 heterocycles. The van der Waals surface area contributed by atoms with Gasteiger partial charge in [0.2, 0.25) is 0 Å². The predicted octanol–water partition coefficient (Wildman–Crippen LogP) is 2.00. The fourth-order valence-electron chi connectivity index (χ4n) is 2.95. The van der Waals surface area contributed by atoms with E-state index in [0.717, 1.165) is 32.6 Å². The zero-order chi connectivity index (χ0) is 11.7. The fourth-order valence-corrected chi connectivity index (χ4v) is 2.95. The second kappa shape index (κ2) is 4.65. The lowest BCUT2D eigenvalue weighted by molar-refractivity contribution is 0.182. The number of hydrogen-bond acceptors (Lipinski definition) is 2. The summed E-state index contributed by atoms with van der Waals surface area (Å²) in [5, 5.41) is 3.30. The normalized spacial score (nSPS) is 28.2. The van der Waals surface area contributed by atoms with Gasteiger partial charge in [0.1, 0.15) is 6.17 Å². The maximum atomic E-state index is 13.8. The number of benzene rings is 1. The number of nitrogens with zero attached hydrogens (tertiary/aromatic N) is 1. The third-order valence-corrected chi connectivity index (χ3v) is 3.95. The molecular weight excluding hydrogens is 215 g/mol. The van der Waals surface area contributed by atoms with Gasteiger partial charge in [0.05, 0.1) is 0 Å². The van der Waals surface area contributed by atoms with E-state index in [1.54, 1.807) is 0 Å². The lowest BCUT2D eigenvalue weighted by Crippen LogP contribution is -2.44. The average molecular weight is 234 g/mol. The zero-order valence-electron chi connectivity index (χ0n) is 10.0. The molecule has 17 heavy (non-hydrogen) atoms. The Morgan fingerprint density at radius 1 is 1.35 bits per heavy atom. The van der Waals surface area contributed by atoms with Gasteiger partial charge in [0.15, 0.2) is 0 Å². The Morgan fingerprint density at radius 2 is 2.24 bits per heavy atom. The van der Waals surface area contributed by atoms with E-state index in [4.69, 9.17) is 0 Å². The van der Waals surface area contributed by atoms with Crippen molar-refractivity contribution < 1.29 is 4.39 Å². The molecule has 2 nitrogen and oxygen atoms in total. The number of hydrogen-bond donors (Lipinski definition) is 1. The van der Waals surface area contributed by atoms with Gasteiger partial charge in [-0.25, -0.2) is 4.39 Å². The molecule has 2 atom stereocenters. The van der Waals surface area contributed by atoms with Crippen molar-refractivity contribution in [2.75, 3.05) is 31.1 Å². The number of alkyl halides is 1. The van der Waals surface area contributed by atoms with Crippen LogP contribution in [0.25, 0.3) is 0 Å². The molecule has 92 valence electrons. The first-order chi connectivity index (χ1) is 8.34. The molecule has 3 heteroatoms. The van der Waals surface area contributed by atoms with Crippen LogP contribution in [0.2, 0.25) is 0 Å². The van der Waals surface area contributed by atoms with Gasteiger partial charge >= 0.3 is 0 Å². The van der Waals surface area contributed by atoms with E-state index >= 15 is 0 Å². The maximum absolute atomic E-state index is 13.8.